The molecule has 0 saturated carbocycles. The van der Waals surface area contributed by atoms with E-state index in [9.17, 15) is 22.7 Å². The Morgan fingerprint density at radius 1 is 1.05 bits per heavy atom. The van der Waals surface area contributed by atoms with Gasteiger partial charge in [0.25, 0.3) is 0 Å². The predicted molar refractivity (Wildman–Crippen MR) is 68.9 cm³/mol. The van der Waals surface area contributed by atoms with E-state index in [0.717, 1.165) is 18.5 Å². The minimum Gasteiger partial charge on any atom is -0.385 e. The van der Waals surface area contributed by atoms with E-state index in [4.69, 9.17) is 0 Å². The first kappa shape index (κ1) is 15.4. The molecule has 0 amide bonds. The predicted octanol–water partition coefficient (Wildman–Crippen LogP) is 3.69. The van der Waals surface area contributed by atoms with Crippen molar-refractivity contribution in [1.29, 1.82) is 0 Å². The maximum atomic E-state index is 13.0. The van der Waals surface area contributed by atoms with Gasteiger partial charge in [0.2, 0.25) is 0 Å². The average Bonchev–Trinajstić information content (AvgIpc) is 2.40. The van der Waals surface area contributed by atoms with Crippen LogP contribution >= 0.6 is 0 Å². The van der Waals surface area contributed by atoms with Gasteiger partial charge in [-0.05, 0) is 30.7 Å². The zero-order valence-electron chi connectivity index (χ0n) is 11.2. The van der Waals surface area contributed by atoms with Crippen LogP contribution in [0.15, 0.2) is 42.7 Å². The lowest BCUT2D eigenvalue weighted by Crippen LogP contribution is -2.28. The van der Waals surface area contributed by atoms with E-state index < -0.39 is 23.2 Å². The summed E-state index contributed by atoms with van der Waals surface area (Å²) in [6, 6.07) is 6.06. The Kier molecular flexibility index (Phi) is 4.00. The highest BCUT2D eigenvalue weighted by Gasteiger charge is 2.38. The van der Waals surface area contributed by atoms with Crippen LogP contribution in [0.5, 0.6) is 0 Å². The molecule has 0 aliphatic rings. The zero-order valence-corrected chi connectivity index (χ0v) is 11.2. The lowest BCUT2D eigenvalue weighted by molar-refractivity contribution is -0.140. The quantitative estimate of drug-likeness (QED) is 0.877. The molecular weight excluding hydrogens is 286 g/mol. The van der Waals surface area contributed by atoms with Crippen molar-refractivity contribution in [2.75, 3.05) is 0 Å². The fraction of sp³-hybridized carbons (Fsp3) is 0.267. The molecule has 2 nitrogen and oxygen atoms in total. The van der Waals surface area contributed by atoms with Crippen LogP contribution in [0.4, 0.5) is 17.6 Å². The van der Waals surface area contributed by atoms with Gasteiger partial charge in [-0.25, -0.2) is 4.39 Å². The topological polar surface area (TPSA) is 33.1 Å². The van der Waals surface area contributed by atoms with Gasteiger partial charge in [-0.3, -0.25) is 4.98 Å². The summed E-state index contributed by atoms with van der Waals surface area (Å²) in [6.07, 6.45) is -2.63. The first-order valence-corrected chi connectivity index (χ1v) is 6.19. The Morgan fingerprint density at radius 3 is 2.24 bits per heavy atom. The Balaban J connectivity index is 2.38. The molecule has 0 saturated heterocycles. The fourth-order valence-electron chi connectivity index (χ4n) is 2.17. The molecule has 1 unspecified atom stereocenters. The van der Waals surface area contributed by atoms with Crippen molar-refractivity contribution in [3.63, 3.8) is 0 Å². The van der Waals surface area contributed by atoms with Crippen LogP contribution < -0.4 is 0 Å². The van der Waals surface area contributed by atoms with Crippen LogP contribution in [0.25, 0.3) is 0 Å². The highest BCUT2D eigenvalue weighted by atomic mass is 19.4. The smallest absolute Gasteiger partial charge is 0.385 e. The van der Waals surface area contributed by atoms with E-state index in [1.165, 1.54) is 31.2 Å². The molecule has 0 spiro atoms. The normalized spacial score (nSPS) is 14.8. The molecule has 2 rings (SSSR count). The van der Waals surface area contributed by atoms with Crippen LogP contribution in [0.1, 0.15) is 23.6 Å². The monoisotopic (exact) mass is 299 g/mol. The van der Waals surface area contributed by atoms with Gasteiger partial charge in [0.05, 0.1) is 11.2 Å². The van der Waals surface area contributed by atoms with Gasteiger partial charge in [0.1, 0.15) is 5.82 Å². The van der Waals surface area contributed by atoms with E-state index in [1.54, 1.807) is 0 Å². The summed E-state index contributed by atoms with van der Waals surface area (Å²) in [5.41, 5.74) is -2.47. The van der Waals surface area contributed by atoms with Gasteiger partial charge >= 0.3 is 6.18 Å². The third-order valence-corrected chi connectivity index (χ3v) is 3.17. The number of nitrogens with zero attached hydrogens (tertiary/aromatic N) is 1. The number of halogens is 4. The molecule has 0 radical (unpaired) electrons. The molecule has 0 bridgehead atoms. The van der Waals surface area contributed by atoms with Crippen molar-refractivity contribution in [1.82, 2.24) is 4.98 Å². The number of benzene rings is 1. The average molecular weight is 299 g/mol. The SMILES string of the molecule is CC(O)(Cc1ccc(F)cc1)c1cnccc1C(F)(F)F. The number of aromatic nitrogens is 1. The van der Waals surface area contributed by atoms with E-state index in [-0.39, 0.29) is 12.0 Å². The van der Waals surface area contributed by atoms with Crippen molar-refractivity contribution in [3.05, 3.63) is 65.2 Å². The molecule has 1 aromatic heterocycles. The molecule has 0 aliphatic carbocycles. The van der Waals surface area contributed by atoms with Crippen molar-refractivity contribution in [2.24, 2.45) is 0 Å². The molecule has 21 heavy (non-hydrogen) atoms. The van der Waals surface area contributed by atoms with Crippen molar-refractivity contribution >= 4 is 0 Å². The number of alkyl halides is 3. The standard InChI is InChI=1S/C15H13F4NO/c1-14(21,8-10-2-4-11(16)5-3-10)13-9-20-7-6-12(13)15(17,18)19/h2-7,9,21H,8H2,1H3. The minimum absolute atomic E-state index is 0.0813. The Hall–Kier alpha value is -1.95. The van der Waals surface area contributed by atoms with Crippen LogP contribution in [0, 0.1) is 5.82 Å². The summed E-state index contributed by atoms with van der Waals surface area (Å²) >= 11 is 0. The molecule has 1 heterocycles. The summed E-state index contributed by atoms with van der Waals surface area (Å²) in [6.45, 7) is 1.28. The largest absolute Gasteiger partial charge is 0.416 e. The van der Waals surface area contributed by atoms with Gasteiger partial charge in [0.15, 0.2) is 0 Å². The number of hydrogen-bond acceptors (Lipinski definition) is 2. The Morgan fingerprint density at radius 2 is 1.67 bits per heavy atom. The minimum atomic E-state index is -4.58. The molecular formula is C15H13F4NO. The van der Waals surface area contributed by atoms with E-state index >= 15 is 0 Å². The van der Waals surface area contributed by atoms with Gasteiger partial charge in [-0.15, -0.1) is 0 Å². The second kappa shape index (κ2) is 5.44. The summed E-state index contributed by atoms with van der Waals surface area (Å²) in [5, 5.41) is 10.4. The Bertz CT molecular complexity index is 620. The third-order valence-electron chi connectivity index (χ3n) is 3.17. The van der Waals surface area contributed by atoms with Gasteiger partial charge < -0.3 is 5.11 Å². The molecule has 2 aromatic rings. The highest BCUT2D eigenvalue weighted by molar-refractivity contribution is 5.33. The van der Waals surface area contributed by atoms with Crippen LogP contribution in [-0.4, -0.2) is 10.1 Å². The molecule has 1 atom stereocenters. The second-order valence-electron chi connectivity index (χ2n) is 5.00. The van der Waals surface area contributed by atoms with Crippen LogP contribution in [0.3, 0.4) is 0 Å². The van der Waals surface area contributed by atoms with Crippen molar-refractivity contribution < 1.29 is 22.7 Å². The molecule has 0 fully saturated rings. The number of pyridine rings is 1. The first-order valence-electron chi connectivity index (χ1n) is 6.19. The summed E-state index contributed by atoms with van der Waals surface area (Å²) in [4.78, 5) is 3.66. The van der Waals surface area contributed by atoms with E-state index in [1.807, 2.05) is 0 Å². The van der Waals surface area contributed by atoms with Crippen LogP contribution in [0.2, 0.25) is 0 Å². The lowest BCUT2D eigenvalue weighted by atomic mass is 9.87. The lowest BCUT2D eigenvalue weighted by Gasteiger charge is -2.27. The molecule has 6 heteroatoms. The highest BCUT2D eigenvalue weighted by Crippen LogP contribution is 2.37. The number of aliphatic hydroxyl groups is 1. The van der Waals surface area contributed by atoms with Crippen molar-refractivity contribution in [2.45, 2.75) is 25.1 Å². The van der Waals surface area contributed by atoms with E-state index in [0.29, 0.717) is 5.56 Å². The van der Waals surface area contributed by atoms with E-state index in [2.05, 4.69) is 4.98 Å². The van der Waals surface area contributed by atoms with Crippen LogP contribution in [-0.2, 0) is 18.2 Å². The zero-order chi connectivity index (χ0) is 15.7. The van der Waals surface area contributed by atoms with Gasteiger partial charge in [0, 0.05) is 24.4 Å². The Labute approximate surface area is 119 Å². The molecule has 1 N–H and O–H groups in total. The summed E-state index contributed by atoms with van der Waals surface area (Å²) < 4.78 is 51.8. The molecule has 112 valence electrons. The first-order chi connectivity index (χ1) is 9.70. The second-order valence-corrected chi connectivity index (χ2v) is 5.00. The maximum Gasteiger partial charge on any atom is 0.416 e. The van der Waals surface area contributed by atoms with Gasteiger partial charge in [-0.1, -0.05) is 12.1 Å². The molecule has 1 aromatic carbocycles. The number of rotatable bonds is 3. The van der Waals surface area contributed by atoms with Gasteiger partial charge in [-0.2, -0.15) is 13.2 Å². The molecule has 0 aliphatic heterocycles. The summed E-state index contributed by atoms with van der Waals surface area (Å²) in [7, 11) is 0. The fourth-order valence-corrected chi connectivity index (χ4v) is 2.17. The summed E-state index contributed by atoms with van der Waals surface area (Å²) in [5.74, 6) is -0.448. The van der Waals surface area contributed by atoms with Crippen molar-refractivity contribution in [3.8, 4) is 0 Å². The number of hydrogen-bond donors (Lipinski definition) is 1. The third kappa shape index (κ3) is 3.58. The maximum absolute atomic E-state index is 13.0.